The van der Waals surface area contributed by atoms with Crippen LogP contribution in [0.1, 0.15) is 29.5 Å². The molecule has 2 aromatic rings. The third-order valence-corrected chi connectivity index (χ3v) is 5.54. The molecule has 0 radical (unpaired) electrons. The summed E-state index contributed by atoms with van der Waals surface area (Å²) in [4.78, 5) is 12.8. The molecular weight excluding hydrogens is 435 g/mol. The number of hydrogen-bond donors (Lipinski definition) is 1. The lowest BCUT2D eigenvalue weighted by Crippen LogP contribution is -2.19. The second-order valence-corrected chi connectivity index (χ2v) is 7.42. The molecule has 1 aliphatic rings. The van der Waals surface area contributed by atoms with E-state index in [1.54, 1.807) is 0 Å². The van der Waals surface area contributed by atoms with Crippen molar-refractivity contribution in [3.63, 3.8) is 0 Å². The van der Waals surface area contributed by atoms with Crippen molar-refractivity contribution in [1.82, 2.24) is 5.32 Å². The Morgan fingerprint density at radius 1 is 1.18 bits per heavy atom. The third kappa shape index (κ3) is 3.81. The molecule has 0 saturated carbocycles. The molecule has 7 heteroatoms. The van der Waals surface area contributed by atoms with E-state index < -0.39 is 34.9 Å². The minimum Gasteiger partial charge on any atom is -0.467 e. The number of hydrogen-bond acceptors (Lipinski definition) is 3. The molecule has 1 aliphatic heterocycles. The van der Waals surface area contributed by atoms with Crippen molar-refractivity contribution in [3.8, 4) is 0 Å². The Hall–Kier alpha value is -2.28. The van der Waals surface area contributed by atoms with E-state index >= 15 is 0 Å². The smallest absolute Gasteiger partial charge is 0.209 e. The average Bonchev–Trinajstić information content (AvgIpc) is 3.00. The predicted octanol–water partition coefficient (Wildman–Crippen LogP) is 5.05. The maximum atomic E-state index is 14.5. The van der Waals surface area contributed by atoms with Crippen LogP contribution in [0, 0.1) is 24.4 Å². The van der Waals surface area contributed by atoms with Crippen LogP contribution in [0.5, 0.6) is 0 Å². The highest BCUT2D eigenvalue weighted by atomic mass is 79.9. The molecule has 2 aromatic carbocycles. The quantitative estimate of drug-likeness (QED) is 0.621. The number of carbonyl (C=O) groups is 1. The van der Waals surface area contributed by atoms with Crippen molar-refractivity contribution < 1.29 is 22.7 Å². The van der Waals surface area contributed by atoms with E-state index in [0.29, 0.717) is 18.9 Å². The molecule has 0 spiro atoms. The summed E-state index contributed by atoms with van der Waals surface area (Å²) in [7, 11) is 1.52. The van der Waals surface area contributed by atoms with Crippen molar-refractivity contribution in [2.75, 3.05) is 7.05 Å². The maximum absolute atomic E-state index is 14.5. The van der Waals surface area contributed by atoms with Gasteiger partial charge in [-0.2, -0.15) is 0 Å². The van der Waals surface area contributed by atoms with Gasteiger partial charge in [0.05, 0.1) is 5.57 Å². The summed E-state index contributed by atoms with van der Waals surface area (Å²) >= 11 is 3.49. The molecule has 1 unspecified atom stereocenters. The molecule has 3 rings (SSSR count). The number of nitrogens with one attached hydrogen (secondary N) is 1. The molecule has 0 amide bonds. The van der Waals surface area contributed by atoms with Crippen molar-refractivity contribution >= 4 is 27.3 Å². The van der Waals surface area contributed by atoms with Gasteiger partial charge in [0.2, 0.25) is 5.78 Å². The Bertz CT molecular complexity index is 959. The van der Waals surface area contributed by atoms with Gasteiger partial charge in [0.15, 0.2) is 23.6 Å². The first-order valence-electron chi connectivity index (χ1n) is 8.86. The molecule has 28 heavy (non-hydrogen) atoms. The molecule has 0 aromatic heterocycles. The minimum atomic E-state index is -1.26. The van der Waals surface area contributed by atoms with Crippen LogP contribution in [0.4, 0.5) is 13.2 Å². The lowest BCUT2D eigenvalue weighted by molar-refractivity contribution is -0.120. The zero-order chi connectivity index (χ0) is 20.4. The van der Waals surface area contributed by atoms with Crippen LogP contribution < -0.4 is 5.32 Å². The number of Topliss-reactive ketones (excluding diaryl/α,β-unsaturated/α-hetero) is 1. The van der Waals surface area contributed by atoms with E-state index in [2.05, 4.69) is 21.2 Å². The minimum absolute atomic E-state index is 0.0696. The average molecular weight is 454 g/mol. The van der Waals surface area contributed by atoms with E-state index in [-0.39, 0.29) is 17.0 Å². The van der Waals surface area contributed by atoms with Gasteiger partial charge in [-0.1, -0.05) is 34.1 Å². The lowest BCUT2D eigenvalue weighted by Gasteiger charge is -2.11. The van der Waals surface area contributed by atoms with Gasteiger partial charge >= 0.3 is 0 Å². The zero-order valence-electron chi connectivity index (χ0n) is 15.4. The fraction of sp³-hybridized carbons (Fsp3) is 0.286. The topological polar surface area (TPSA) is 38.3 Å². The predicted molar refractivity (Wildman–Crippen MR) is 104 cm³/mol. The van der Waals surface area contributed by atoms with E-state index in [0.717, 1.165) is 23.4 Å². The SMILES string of the molecule is CNC1=C(c2cc(F)c(F)c(C)c2F)C(=O)C(CCCc2ccccc2Br)O1. The highest BCUT2D eigenvalue weighted by Gasteiger charge is 2.37. The number of rotatable bonds is 6. The zero-order valence-corrected chi connectivity index (χ0v) is 17.0. The van der Waals surface area contributed by atoms with Gasteiger partial charge in [-0.3, -0.25) is 4.79 Å². The molecule has 1 atom stereocenters. The molecular formula is C21H19BrF3NO2. The van der Waals surface area contributed by atoms with Gasteiger partial charge in [-0.25, -0.2) is 13.2 Å². The second kappa shape index (κ2) is 8.39. The first-order valence-corrected chi connectivity index (χ1v) is 9.65. The molecule has 0 saturated heterocycles. The molecule has 3 nitrogen and oxygen atoms in total. The van der Waals surface area contributed by atoms with Crippen LogP contribution >= 0.6 is 15.9 Å². The first-order chi connectivity index (χ1) is 13.3. The Balaban J connectivity index is 1.79. The summed E-state index contributed by atoms with van der Waals surface area (Å²) in [6.45, 7) is 1.13. The summed E-state index contributed by atoms with van der Waals surface area (Å²) in [5, 5.41) is 2.72. The van der Waals surface area contributed by atoms with Gasteiger partial charge in [-0.15, -0.1) is 0 Å². The van der Waals surface area contributed by atoms with Crippen molar-refractivity contribution in [3.05, 3.63) is 74.8 Å². The van der Waals surface area contributed by atoms with Crippen LogP contribution in [-0.2, 0) is 16.0 Å². The highest BCUT2D eigenvalue weighted by Crippen LogP contribution is 2.34. The lowest BCUT2D eigenvalue weighted by atomic mass is 9.95. The summed E-state index contributed by atoms with van der Waals surface area (Å²) in [5.41, 5.74) is 0.257. The first kappa shape index (κ1) is 20.5. The molecule has 0 aliphatic carbocycles. The molecule has 148 valence electrons. The monoisotopic (exact) mass is 453 g/mol. The Morgan fingerprint density at radius 3 is 2.57 bits per heavy atom. The maximum Gasteiger partial charge on any atom is 0.209 e. The molecule has 1 heterocycles. The van der Waals surface area contributed by atoms with Gasteiger partial charge in [-0.05, 0) is 43.9 Å². The number of ketones is 1. The Kier molecular flexibility index (Phi) is 6.13. The number of benzene rings is 2. The standard InChI is InChI=1S/C21H19BrF3NO2/c1-11-18(24)13(10-15(23)19(11)25)17-20(27)16(28-21(17)26-2)9-5-7-12-6-3-4-8-14(12)22/h3-4,6,8,10,16,26H,5,7,9H2,1-2H3. The highest BCUT2D eigenvalue weighted by molar-refractivity contribution is 9.10. The van der Waals surface area contributed by atoms with Gasteiger partial charge < -0.3 is 10.1 Å². The van der Waals surface area contributed by atoms with Crippen LogP contribution in [0.2, 0.25) is 0 Å². The van der Waals surface area contributed by atoms with Gasteiger partial charge in [0.1, 0.15) is 5.82 Å². The number of carbonyl (C=O) groups excluding carboxylic acids is 1. The van der Waals surface area contributed by atoms with E-state index in [1.165, 1.54) is 7.05 Å². The summed E-state index contributed by atoms with van der Waals surface area (Å²) in [5.74, 6) is -3.81. The normalized spacial score (nSPS) is 16.5. The third-order valence-electron chi connectivity index (χ3n) is 4.77. The molecule has 0 fully saturated rings. The van der Waals surface area contributed by atoms with Crippen molar-refractivity contribution in [2.24, 2.45) is 0 Å². The number of halogens is 4. The Morgan fingerprint density at radius 2 is 1.89 bits per heavy atom. The van der Waals surface area contributed by atoms with Crippen LogP contribution in [0.15, 0.2) is 40.7 Å². The van der Waals surface area contributed by atoms with Gasteiger partial charge in [0.25, 0.3) is 0 Å². The summed E-state index contributed by atoms with van der Waals surface area (Å²) < 4.78 is 48.6. The van der Waals surface area contributed by atoms with Crippen molar-refractivity contribution in [2.45, 2.75) is 32.3 Å². The van der Waals surface area contributed by atoms with E-state index in [4.69, 9.17) is 4.74 Å². The Labute approximate surface area is 169 Å². The molecule has 1 N–H and O–H groups in total. The van der Waals surface area contributed by atoms with E-state index in [9.17, 15) is 18.0 Å². The van der Waals surface area contributed by atoms with Gasteiger partial charge in [0, 0.05) is 22.6 Å². The van der Waals surface area contributed by atoms with E-state index in [1.807, 2.05) is 24.3 Å². The summed E-state index contributed by atoms with van der Waals surface area (Å²) in [6, 6.07) is 8.49. The summed E-state index contributed by atoms with van der Waals surface area (Å²) in [6.07, 6.45) is 1.02. The number of ether oxygens (including phenoxy) is 1. The fourth-order valence-electron chi connectivity index (χ4n) is 3.25. The van der Waals surface area contributed by atoms with Crippen LogP contribution in [0.25, 0.3) is 5.57 Å². The fourth-order valence-corrected chi connectivity index (χ4v) is 3.73. The largest absolute Gasteiger partial charge is 0.467 e. The van der Waals surface area contributed by atoms with Crippen LogP contribution in [0.3, 0.4) is 0 Å². The second-order valence-electron chi connectivity index (χ2n) is 6.57. The van der Waals surface area contributed by atoms with Crippen LogP contribution in [-0.4, -0.2) is 18.9 Å². The van der Waals surface area contributed by atoms with Crippen molar-refractivity contribution in [1.29, 1.82) is 0 Å². The molecule has 0 bridgehead atoms. The number of aryl methyl sites for hydroxylation is 1.